The molecule has 7 heteroatoms. The number of carbonyl (C=O) groups is 2. The molecular weight excluding hydrogens is 424 g/mol. The Labute approximate surface area is 193 Å². The molecule has 4 saturated carbocycles. The van der Waals surface area contributed by atoms with Crippen LogP contribution in [0.1, 0.15) is 90.9 Å². The molecule has 1 saturated heterocycles. The monoisotopic (exact) mass is 464 g/mol. The van der Waals surface area contributed by atoms with Gasteiger partial charge in [0, 0.05) is 25.4 Å². The summed E-state index contributed by atoms with van der Waals surface area (Å²) < 4.78 is 25.8. The summed E-state index contributed by atoms with van der Waals surface area (Å²) in [4.78, 5) is 30.0. The Hall–Kier alpha value is -1.11. The first kappa shape index (κ1) is 22.7. The minimum absolute atomic E-state index is 0.0667. The highest BCUT2D eigenvalue weighted by molar-refractivity contribution is 7.92. The highest BCUT2D eigenvalue weighted by Crippen LogP contribution is 2.46. The first-order valence-electron chi connectivity index (χ1n) is 13.1. The largest absolute Gasteiger partial charge is 0.335 e. The summed E-state index contributed by atoms with van der Waals surface area (Å²) in [6, 6.07) is 0.283. The van der Waals surface area contributed by atoms with Gasteiger partial charge in [-0.05, 0) is 76.5 Å². The smallest absolute Gasteiger partial charge is 0.226 e. The molecule has 5 aliphatic rings. The summed E-state index contributed by atoms with van der Waals surface area (Å²) in [5.41, 5.74) is 0. The van der Waals surface area contributed by atoms with Crippen molar-refractivity contribution in [2.75, 3.05) is 6.54 Å². The lowest BCUT2D eigenvalue weighted by Crippen LogP contribution is -2.68. The van der Waals surface area contributed by atoms with E-state index in [1.165, 1.54) is 0 Å². The van der Waals surface area contributed by atoms with Crippen LogP contribution in [0.3, 0.4) is 0 Å². The molecule has 6 atom stereocenters. The van der Waals surface area contributed by atoms with Crippen LogP contribution >= 0.6 is 0 Å². The number of amides is 2. The van der Waals surface area contributed by atoms with Crippen LogP contribution in [0.5, 0.6) is 0 Å². The van der Waals surface area contributed by atoms with Crippen LogP contribution in [-0.4, -0.2) is 65.2 Å². The molecule has 2 amide bonds. The van der Waals surface area contributed by atoms with E-state index in [-0.39, 0.29) is 40.5 Å². The summed E-state index contributed by atoms with van der Waals surface area (Å²) in [5, 5.41) is -0.221. The highest BCUT2D eigenvalue weighted by Gasteiger charge is 2.50. The number of rotatable bonds is 4. The lowest BCUT2D eigenvalue weighted by Gasteiger charge is -2.55. The molecule has 0 N–H and O–H groups in total. The van der Waals surface area contributed by atoms with Crippen molar-refractivity contribution in [1.82, 2.24) is 9.80 Å². The molecule has 0 aromatic rings. The third-order valence-corrected chi connectivity index (χ3v) is 12.2. The zero-order valence-corrected chi connectivity index (χ0v) is 20.6. The highest BCUT2D eigenvalue weighted by atomic mass is 32.2. The Morgan fingerprint density at radius 3 is 2.09 bits per heavy atom. The second kappa shape index (κ2) is 8.59. The van der Waals surface area contributed by atoms with E-state index in [4.69, 9.17) is 0 Å². The Kier molecular flexibility index (Phi) is 6.09. The van der Waals surface area contributed by atoms with Crippen LogP contribution in [0, 0.1) is 17.8 Å². The van der Waals surface area contributed by atoms with Gasteiger partial charge in [-0.15, -0.1) is 0 Å². The van der Waals surface area contributed by atoms with Crippen molar-refractivity contribution < 1.29 is 18.0 Å². The SMILES string of the molecule is CC(=O)N1C2CCC(C3CCCC(S(=O)(=O)C4CC4)C3)CC2N(C(=O)C2CCC2)C[C@@H]1C. The van der Waals surface area contributed by atoms with Gasteiger partial charge in [-0.25, -0.2) is 8.42 Å². The molecule has 5 unspecified atom stereocenters. The molecule has 0 spiro atoms. The number of hydrogen-bond donors (Lipinski definition) is 0. The lowest BCUT2D eigenvalue weighted by atomic mass is 9.69. The van der Waals surface area contributed by atoms with Gasteiger partial charge in [0.2, 0.25) is 11.8 Å². The average Bonchev–Trinajstić information content (AvgIpc) is 3.57. The van der Waals surface area contributed by atoms with Gasteiger partial charge >= 0.3 is 0 Å². The molecule has 5 fully saturated rings. The predicted molar refractivity (Wildman–Crippen MR) is 124 cm³/mol. The average molecular weight is 465 g/mol. The van der Waals surface area contributed by atoms with E-state index in [2.05, 4.69) is 11.8 Å². The molecule has 4 aliphatic carbocycles. The zero-order valence-electron chi connectivity index (χ0n) is 19.7. The van der Waals surface area contributed by atoms with E-state index in [0.29, 0.717) is 24.3 Å². The second-order valence-electron chi connectivity index (χ2n) is 11.4. The maximum atomic E-state index is 13.3. The van der Waals surface area contributed by atoms with Gasteiger partial charge in [0.1, 0.15) is 0 Å². The Balaban J connectivity index is 1.33. The maximum Gasteiger partial charge on any atom is 0.226 e. The third kappa shape index (κ3) is 4.01. The molecule has 0 radical (unpaired) electrons. The van der Waals surface area contributed by atoms with Gasteiger partial charge in [-0.3, -0.25) is 9.59 Å². The van der Waals surface area contributed by atoms with Crippen molar-refractivity contribution in [2.24, 2.45) is 17.8 Å². The van der Waals surface area contributed by atoms with E-state index >= 15 is 0 Å². The van der Waals surface area contributed by atoms with Crippen LogP contribution in [-0.2, 0) is 19.4 Å². The number of fused-ring (bicyclic) bond motifs is 1. The van der Waals surface area contributed by atoms with Crippen molar-refractivity contribution in [1.29, 1.82) is 0 Å². The quantitative estimate of drug-likeness (QED) is 0.638. The van der Waals surface area contributed by atoms with Crippen molar-refractivity contribution >= 4 is 21.7 Å². The molecule has 1 aliphatic heterocycles. The van der Waals surface area contributed by atoms with Gasteiger partial charge in [-0.1, -0.05) is 19.3 Å². The fourth-order valence-corrected chi connectivity index (χ4v) is 9.70. The normalized spacial score (nSPS) is 38.7. The van der Waals surface area contributed by atoms with Crippen LogP contribution in [0.15, 0.2) is 0 Å². The molecule has 32 heavy (non-hydrogen) atoms. The Morgan fingerprint density at radius 2 is 1.47 bits per heavy atom. The molecule has 0 aromatic heterocycles. The summed E-state index contributed by atoms with van der Waals surface area (Å²) in [5.74, 6) is 1.51. The molecular formula is C25H40N2O4S. The molecule has 0 aromatic carbocycles. The molecule has 180 valence electrons. The maximum absolute atomic E-state index is 13.3. The Bertz CT molecular complexity index is 850. The van der Waals surface area contributed by atoms with Crippen molar-refractivity contribution in [3.05, 3.63) is 0 Å². The molecule has 1 heterocycles. The minimum Gasteiger partial charge on any atom is -0.335 e. The molecule has 0 bridgehead atoms. The summed E-state index contributed by atoms with van der Waals surface area (Å²) >= 11 is 0. The fourth-order valence-electron chi connectivity index (χ4n) is 7.35. The summed E-state index contributed by atoms with van der Waals surface area (Å²) in [7, 11) is -2.96. The Morgan fingerprint density at radius 1 is 0.781 bits per heavy atom. The summed E-state index contributed by atoms with van der Waals surface area (Å²) in [6.07, 6.45) is 11.5. The van der Waals surface area contributed by atoms with Crippen molar-refractivity contribution in [2.45, 2.75) is 120 Å². The predicted octanol–water partition coefficient (Wildman–Crippen LogP) is 3.54. The fraction of sp³-hybridized carbons (Fsp3) is 0.920. The summed E-state index contributed by atoms with van der Waals surface area (Å²) in [6.45, 7) is 4.39. The van der Waals surface area contributed by atoms with Gasteiger partial charge in [0.25, 0.3) is 0 Å². The van der Waals surface area contributed by atoms with Crippen LogP contribution in [0.2, 0.25) is 0 Å². The zero-order chi connectivity index (χ0) is 22.6. The van der Waals surface area contributed by atoms with Gasteiger partial charge < -0.3 is 9.80 Å². The van der Waals surface area contributed by atoms with Crippen molar-refractivity contribution in [3.63, 3.8) is 0 Å². The number of sulfone groups is 1. The van der Waals surface area contributed by atoms with Gasteiger partial charge in [0.05, 0.1) is 22.6 Å². The number of hydrogen-bond acceptors (Lipinski definition) is 4. The van der Waals surface area contributed by atoms with Crippen molar-refractivity contribution in [3.8, 4) is 0 Å². The number of nitrogens with zero attached hydrogens (tertiary/aromatic N) is 2. The first-order valence-corrected chi connectivity index (χ1v) is 14.7. The van der Waals surface area contributed by atoms with Gasteiger partial charge in [0.15, 0.2) is 9.84 Å². The number of carbonyl (C=O) groups excluding carboxylic acids is 2. The first-order chi connectivity index (χ1) is 15.3. The van der Waals surface area contributed by atoms with Crippen LogP contribution in [0.4, 0.5) is 0 Å². The minimum atomic E-state index is -2.96. The lowest BCUT2D eigenvalue weighted by molar-refractivity contribution is -0.159. The van der Waals surface area contributed by atoms with E-state index in [0.717, 1.165) is 77.0 Å². The van der Waals surface area contributed by atoms with E-state index in [1.54, 1.807) is 6.92 Å². The van der Waals surface area contributed by atoms with E-state index < -0.39 is 9.84 Å². The van der Waals surface area contributed by atoms with Crippen LogP contribution in [0.25, 0.3) is 0 Å². The third-order valence-electron chi connectivity index (χ3n) is 9.40. The van der Waals surface area contributed by atoms with Gasteiger partial charge in [-0.2, -0.15) is 0 Å². The molecule has 5 rings (SSSR count). The van der Waals surface area contributed by atoms with E-state index in [9.17, 15) is 18.0 Å². The standard InChI is InChI=1S/C25H40N2O4S/c1-16-15-26(25(29)18-5-3-6-18)24-14-20(9-12-23(24)27(16)17(2)28)19-7-4-8-22(13-19)32(30,31)21-10-11-21/h16,18-24H,3-15H2,1-2H3/t16-,19?,20?,22?,23?,24?/m0/s1. The van der Waals surface area contributed by atoms with E-state index in [1.807, 2.05) is 4.90 Å². The number of piperazine rings is 1. The second-order valence-corrected chi connectivity index (χ2v) is 14.0. The topological polar surface area (TPSA) is 74.8 Å². The molecule has 6 nitrogen and oxygen atoms in total. The van der Waals surface area contributed by atoms with Crippen LogP contribution < -0.4 is 0 Å².